The third kappa shape index (κ3) is 5.03. The Morgan fingerprint density at radius 2 is 1.59 bits per heavy atom. The lowest BCUT2D eigenvalue weighted by molar-refractivity contribution is -0.119. The average Bonchev–Trinajstić information content (AvgIpc) is 3.12. The maximum atomic E-state index is 14.1. The standard InChI is InChI=1S/C33H37N3O3/c1-5-31(38)36-29-11-9-8-10-27(29)34-28-20-24(22-12-16-25(17-13-22)35(6-2)7-3)21-30(37)32(28)33(36)23-14-18-26(39-4)19-15-23/h8-19,24,33-34H,5-7,20-21H2,1-4H3/t24-,33-/m0/s1. The van der Waals surface area contributed by atoms with Gasteiger partial charge in [-0.15, -0.1) is 0 Å². The van der Waals surface area contributed by atoms with Crippen molar-refractivity contribution in [1.82, 2.24) is 0 Å². The monoisotopic (exact) mass is 523 g/mol. The van der Waals surface area contributed by atoms with Crippen LogP contribution >= 0.6 is 0 Å². The lowest BCUT2D eigenvalue weighted by atomic mass is 9.78. The van der Waals surface area contributed by atoms with Crippen molar-refractivity contribution in [2.24, 2.45) is 0 Å². The van der Waals surface area contributed by atoms with Crippen LogP contribution in [-0.4, -0.2) is 31.9 Å². The van der Waals surface area contributed by atoms with Crippen LogP contribution in [0.4, 0.5) is 17.1 Å². The number of methoxy groups -OCH3 is 1. The predicted molar refractivity (Wildman–Crippen MR) is 158 cm³/mol. The van der Waals surface area contributed by atoms with Gasteiger partial charge >= 0.3 is 0 Å². The van der Waals surface area contributed by atoms with E-state index < -0.39 is 6.04 Å². The second kappa shape index (κ2) is 11.4. The summed E-state index contributed by atoms with van der Waals surface area (Å²) in [6.45, 7) is 8.09. The van der Waals surface area contributed by atoms with E-state index in [4.69, 9.17) is 4.74 Å². The highest BCUT2D eigenvalue weighted by atomic mass is 16.5. The molecule has 2 atom stereocenters. The molecule has 0 radical (unpaired) electrons. The zero-order valence-corrected chi connectivity index (χ0v) is 23.2. The second-order valence-electron chi connectivity index (χ2n) is 10.1. The number of Topliss-reactive ketones (excluding diaryl/α,β-unsaturated/α-hetero) is 1. The summed E-state index contributed by atoms with van der Waals surface area (Å²) in [7, 11) is 1.63. The summed E-state index contributed by atoms with van der Waals surface area (Å²) < 4.78 is 5.39. The van der Waals surface area contributed by atoms with Crippen molar-refractivity contribution >= 4 is 28.8 Å². The van der Waals surface area contributed by atoms with Crippen LogP contribution in [0.1, 0.15) is 63.1 Å². The molecule has 0 saturated carbocycles. The number of hydrogen-bond donors (Lipinski definition) is 1. The van der Waals surface area contributed by atoms with Crippen LogP contribution in [0.5, 0.6) is 5.75 Å². The van der Waals surface area contributed by atoms with Gasteiger partial charge in [0.05, 0.1) is 24.5 Å². The zero-order chi connectivity index (χ0) is 27.5. The third-order valence-electron chi connectivity index (χ3n) is 7.98. The summed E-state index contributed by atoms with van der Waals surface area (Å²) in [6.07, 6.45) is 1.43. The van der Waals surface area contributed by atoms with E-state index in [2.05, 4.69) is 48.3 Å². The molecule has 0 spiro atoms. The minimum absolute atomic E-state index is 0.0271. The van der Waals surface area contributed by atoms with Crippen molar-refractivity contribution in [3.8, 4) is 5.75 Å². The number of anilines is 3. The van der Waals surface area contributed by atoms with Crippen LogP contribution in [0.25, 0.3) is 0 Å². The summed E-state index contributed by atoms with van der Waals surface area (Å²) in [5.74, 6) is 0.841. The fourth-order valence-corrected chi connectivity index (χ4v) is 5.92. The van der Waals surface area contributed by atoms with E-state index in [1.807, 2.05) is 60.4 Å². The summed E-state index contributed by atoms with van der Waals surface area (Å²) >= 11 is 0. The molecule has 39 heavy (non-hydrogen) atoms. The molecule has 6 nitrogen and oxygen atoms in total. The smallest absolute Gasteiger partial charge is 0.227 e. The number of carbonyl (C=O) groups excluding carboxylic acids is 2. The Bertz CT molecular complexity index is 1370. The first-order valence-electron chi connectivity index (χ1n) is 13.9. The first-order valence-corrected chi connectivity index (χ1v) is 13.9. The van der Waals surface area contributed by atoms with Crippen molar-refractivity contribution in [1.29, 1.82) is 0 Å². The summed E-state index contributed by atoms with van der Waals surface area (Å²) in [5, 5.41) is 3.60. The fourth-order valence-electron chi connectivity index (χ4n) is 5.92. The summed E-state index contributed by atoms with van der Waals surface area (Å²) in [4.78, 5) is 31.7. The van der Waals surface area contributed by atoms with Gasteiger partial charge in [-0.25, -0.2) is 0 Å². The van der Waals surface area contributed by atoms with Crippen LogP contribution in [0, 0.1) is 0 Å². The molecule has 2 aliphatic rings. The number of ketones is 1. The van der Waals surface area contributed by atoms with Gasteiger partial charge in [0.15, 0.2) is 5.78 Å². The van der Waals surface area contributed by atoms with Crippen molar-refractivity contribution in [3.05, 3.63) is 95.2 Å². The van der Waals surface area contributed by atoms with Gasteiger partial charge in [-0.1, -0.05) is 43.3 Å². The van der Waals surface area contributed by atoms with E-state index >= 15 is 0 Å². The molecule has 3 aromatic carbocycles. The molecule has 1 aliphatic heterocycles. The number of allylic oxidation sites excluding steroid dienone is 1. The Kier molecular flexibility index (Phi) is 7.73. The van der Waals surface area contributed by atoms with Crippen molar-refractivity contribution in [2.45, 2.75) is 52.0 Å². The predicted octanol–water partition coefficient (Wildman–Crippen LogP) is 6.85. The highest BCUT2D eigenvalue weighted by Crippen LogP contribution is 2.47. The first-order chi connectivity index (χ1) is 19.0. The molecular formula is C33H37N3O3. The van der Waals surface area contributed by atoms with Gasteiger partial charge < -0.3 is 15.0 Å². The van der Waals surface area contributed by atoms with Crippen LogP contribution in [0.15, 0.2) is 84.1 Å². The lowest BCUT2D eigenvalue weighted by Gasteiger charge is -2.35. The average molecular weight is 524 g/mol. The quantitative estimate of drug-likeness (QED) is 0.367. The normalized spacial score (nSPS) is 18.6. The topological polar surface area (TPSA) is 61.9 Å². The molecule has 5 rings (SSSR count). The van der Waals surface area contributed by atoms with Crippen LogP contribution < -0.4 is 19.9 Å². The molecule has 6 heteroatoms. The van der Waals surface area contributed by atoms with Gasteiger partial charge in [0, 0.05) is 42.9 Å². The van der Waals surface area contributed by atoms with Crippen LogP contribution in [0.3, 0.4) is 0 Å². The molecule has 0 saturated heterocycles. The van der Waals surface area contributed by atoms with Crippen molar-refractivity contribution in [3.63, 3.8) is 0 Å². The second-order valence-corrected chi connectivity index (χ2v) is 10.1. The number of nitrogens with one attached hydrogen (secondary N) is 1. The number of nitrogens with zero attached hydrogens (tertiary/aromatic N) is 2. The molecule has 1 aliphatic carbocycles. The Balaban J connectivity index is 1.61. The number of para-hydroxylation sites is 2. The van der Waals surface area contributed by atoms with Gasteiger partial charge in [-0.05, 0) is 73.7 Å². The van der Waals surface area contributed by atoms with Gasteiger partial charge in [0.25, 0.3) is 0 Å². The van der Waals surface area contributed by atoms with Gasteiger partial charge in [-0.2, -0.15) is 0 Å². The molecule has 0 aromatic heterocycles. The van der Waals surface area contributed by atoms with E-state index in [0.29, 0.717) is 24.8 Å². The van der Waals surface area contributed by atoms with Crippen molar-refractivity contribution in [2.75, 3.05) is 35.3 Å². The highest BCUT2D eigenvalue weighted by Gasteiger charge is 2.41. The number of hydrogen-bond acceptors (Lipinski definition) is 5. The number of carbonyl (C=O) groups is 2. The largest absolute Gasteiger partial charge is 0.497 e. The van der Waals surface area contributed by atoms with Crippen molar-refractivity contribution < 1.29 is 14.3 Å². The van der Waals surface area contributed by atoms with Crippen LogP contribution in [0.2, 0.25) is 0 Å². The Labute approximate surface area is 231 Å². The lowest BCUT2D eigenvalue weighted by Crippen LogP contribution is -2.38. The van der Waals surface area contributed by atoms with Gasteiger partial charge in [0.2, 0.25) is 5.91 Å². The fraction of sp³-hybridized carbons (Fsp3) is 0.333. The zero-order valence-electron chi connectivity index (χ0n) is 23.2. The third-order valence-corrected chi connectivity index (χ3v) is 7.98. The van der Waals surface area contributed by atoms with Gasteiger partial charge in [0.1, 0.15) is 5.75 Å². The molecule has 0 unspecified atom stereocenters. The highest BCUT2D eigenvalue weighted by molar-refractivity contribution is 6.06. The number of amides is 1. The molecule has 3 aromatic rings. The van der Waals surface area contributed by atoms with E-state index in [1.54, 1.807) is 7.11 Å². The molecule has 202 valence electrons. The number of benzene rings is 3. The molecular weight excluding hydrogens is 486 g/mol. The molecule has 0 fully saturated rings. The number of fused-ring (bicyclic) bond motifs is 1. The maximum Gasteiger partial charge on any atom is 0.227 e. The Morgan fingerprint density at radius 1 is 0.923 bits per heavy atom. The van der Waals surface area contributed by atoms with E-state index in [1.165, 1.54) is 5.69 Å². The molecule has 1 amide bonds. The Hall–Kier alpha value is -4.06. The minimum Gasteiger partial charge on any atom is -0.497 e. The van der Waals surface area contributed by atoms with Crippen LogP contribution in [-0.2, 0) is 9.59 Å². The summed E-state index contributed by atoms with van der Waals surface area (Å²) in [6, 6.07) is 23.7. The molecule has 1 heterocycles. The number of rotatable bonds is 7. The van der Waals surface area contributed by atoms with E-state index in [9.17, 15) is 9.59 Å². The first kappa shape index (κ1) is 26.5. The molecule has 0 bridgehead atoms. The minimum atomic E-state index is -0.520. The number of ether oxygens (including phenoxy) is 1. The maximum absolute atomic E-state index is 14.1. The van der Waals surface area contributed by atoms with Gasteiger partial charge in [-0.3, -0.25) is 14.5 Å². The molecule has 1 N–H and O–H groups in total. The Morgan fingerprint density at radius 3 is 2.23 bits per heavy atom. The summed E-state index contributed by atoms with van der Waals surface area (Å²) in [5.41, 5.74) is 6.44. The van der Waals surface area contributed by atoms with E-state index in [-0.39, 0.29) is 17.6 Å². The SMILES string of the molecule is CCC(=O)N1c2ccccc2NC2=C(C(=O)C[C@@H](c3ccc(N(CC)CC)cc3)C2)[C@@H]1c1ccc(OC)cc1. The van der Waals surface area contributed by atoms with E-state index in [0.717, 1.165) is 47.0 Å².